The molecule has 4 rings (SSSR count). The number of methoxy groups -OCH3 is 1. The summed E-state index contributed by atoms with van der Waals surface area (Å²) in [7, 11) is 1.63. The van der Waals surface area contributed by atoms with Gasteiger partial charge in [-0.05, 0) is 48.7 Å². The minimum Gasteiger partial charge on any atom is -0.497 e. The van der Waals surface area contributed by atoms with E-state index in [0.717, 1.165) is 35.5 Å². The van der Waals surface area contributed by atoms with Gasteiger partial charge in [0.05, 0.1) is 31.8 Å². The van der Waals surface area contributed by atoms with Gasteiger partial charge in [0.2, 0.25) is 0 Å². The van der Waals surface area contributed by atoms with Crippen LogP contribution < -0.4 is 15.5 Å². The molecule has 168 valence electrons. The number of fused-ring (bicyclic) bond motifs is 1. The first-order valence-electron chi connectivity index (χ1n) is 10.8. The zero-order valence-corrected chi connectivity index (χ0v) is 18.6. The fourth-order valence-electron chi connectivity index (χ4n) is 4.01. The molecule has 1 amide bonds. The van der Waals surface area contributed by atoms with E-state index in [4.69, 9.17) is 13.9 Å². The quantitative estimate of drug-likeness (QED) is 0.639. The smallest absolute Gasteiger partial charge is 0.287 e. The molecular weight excluding hydrogens is 408 g/mol. The number of hydrogen-bond acceptors (Lipinski definition) is 6. The number of amides is 1. The number of ether oxygens (including phenoxy) is 2. The van der Waals surface area contributed by atoms with Gasteiger partial charge in [0.25, 0.3) is 5.91 Å². The van der Waals surface area contributed by atoms with E-state index in [-0.39, 0.29) is 17.2 Å². The summed E-state index contributed by atoms with van der Waals surface area (Å²) in [4.78, 5) is 27.8. The number of aryl methyl sites for hydroxylation is 2. The lowest BCUT2D eigenvalue weighted by atomic mass is 10.0. The molecule has 1 aromatic heterocycles. The van der Waals surface area contributed by atoms with Gasteiger partial charge >= 0.3 is 0 Å². The van der Waals surface area contributed by atoms with Gasteiger partial charge in [-0.25, -0.2) is 0 Å². The van der Waals surface area contributed by atoms with Crippen LogP contribution in [0.25, 0.3) is 11.0 Å². The molecule has 1 saturated heterocycles. The van der Waals surface area contributed by atoms with E-state index in [0.29, 0.717) is 30.7 Å². The molecule has 1 atom stereocenters. The third kappa shape index (κ3) is 4.54. The lowest BCUT2D eigenvalue weighted by Gasteiger charge is -2.35. The summed E-state index contributed by atoms with van der Waals surface area (Å²) in [6.07, 6.45) is 0. The molecule has 1 aliphatic heterocycles. The summed E-state index contributed by atoms with van der Waals surface area (Å²) in [5.41, 5.74) is 3.17. The Bertz CT molecular complexity index is 1160. The average molecular weight is 437 g/mol. The van der Waals surface area contributed by atoms with Crippen LogP contribution in [0.5, 0.6) is 5.75 Å². The second-order valence-corrected chi connectivity index (χ2v) is 8.01. The first kappa shape index (κ1) is 22.0. The molecule has 1 aliphatic rings. The van der Waals surface area contributed by atoms with Crippen molar-refractivity contribution in [3.63, 3.8) is 0 Å². The van der Waals surface area contributed by atoms with E-state index in [1.165, 1.54) is 6.07 Å². The van der Waals surface area contributed by atoms with Crippen molar-refractivity contribution in [2.24, 2.45) is 0 Å². The minimum atomic E-state index is -0.406. The van der Waals surface area contributed by atoms with Gasteiger partial charge in [0.15, 0.2) is 11.2 Å². The Labute approximate surface area is 186 Å². The highest BCUT2D eigenvalue weighted by molar-refractivity contribution is 5.93. The number of nitrogens with one attached hydrogen (secondary N) is 1. The van der Waals surface area contributed by atoms with Crippen LogP contribution in [0.2, 0.25) is 0 Å². The average Bonchev–Trinajstić information content (AvgIpc) is 2.82. The summed E-state index contributed by atoms with van der Waals surface area (Å²) in [5, 5.41) is 3.44. The third-order valence-electron chi connectivity index (χ3n) is 6.08. The summed E-state index contributed by atoms with van der Waals surface area (Å²) in [5.74, 6) is 0.394. The number of carbonyl (C=O) groups is 1. The predicted octanol–water partition coefficient (Wildman–Crippen LogP) is 3.22. The van der Waals surface area contributed by atoms with Crippen molar-refractivity contribution in [3.8, 4) is 5.75 Å². The second kappa shape index (κ2) is 9.54. The molecule has 3 aromatic rings. The van der Waals surface area contributed by atoms with E-state index < -0.39 is 5.91 Å². The maximum Gasteiger partial charge on any atom is 0.287 e. The van der Waals surface area contributed by atoms with Crippen molar-refractivity contribution in [1.29, 1.82) is 0 Å². The highest BCUT2D eigenvalue weighted by atomic mass is 16.5. The molecule has 0 radical (unpaired) electrons. The van der Waals surface area contributed by atoms with Crippen molar-refractivity contribution >= 4 is 16.9 Å². The van der Waals surface area contributed by atoms with E-state index in [1.54, 1.807) is 13.2 Å². The topological polar surface area (TPSA) is 81.0 Å². The molecule has 7 nitrogen and oxygen atoms in total. The molecule has 0 aliphatic carbocycles. The van der Waals surface area contributed by atoms with Gasteiger partial charge in [0, 0.05) is 25.7 Å². The number of benzene rings is 2. The summed E-state index contributed by atoms with van der Waals surface area (Å²) in [6.45, 7) is 7.06. The fourth-order valence-corrected chi connectivity index (χ4v) is 4.01. The van der Waals surface area contributed by atoms with Gasteiger partial charge in [-0.2, -0.15) is 0 Å². The fraction of sp³-hybridized carbons (Fsp3) is 0.360. The molecule has 32 heavy (non-hydrogen) atoms. The molecule has 1 N–H and O–H groups in total. The highest BCUT2D eigenvalue weighted by Crippen LogP contribution is 2.24. The molecule has 7 heteroatoms. The Kier molecular flexibility index (Phi) is 6.58. The molecule has 0 spiro atoms. The molecular formula is C25H28N2O5. The third-order valence-corrected chi connectivity index (χ3v) is 6.08. The maximum atomic E-state index is 12.9. The van der Waals surface area contributed by atoms with Crippen LogP contribution in [0, 0.1) is 13.8 Å². The number of morpholine rings is 1. The van der Waals surface area contributed by atoms with E-state index in [2.05, 4.69) is 10.2 Å². The van der Waals surface area contributed by atoms with Crippen LogP contribution in [0.1, 0.15) is 33.3 Å². The molecule has 2 aromatic carbocycles. The summed E-state index contributed by atoms with van der Waals surface area (Å²) >= 11 is 0. The normalized spacial score (nSPS) is 15.5. The van der Waals surface area contributed by atoms with Crippen LogP contribution in [-0.2, 0) is 4.74 Å². The minimum absolute atomic E-state index is 0.0201. The zero-order chi connectivity index (χ0) is 22.7. The van der Waals surface area contributed by atoms with Crippen molar-refractivity contribution in [1.82, 2.24) is 10.2 Å². The monoisotopic (exact) mass is 436 g/mol. The van der Waals surface area contributed by atoms with Crippen molar-refractivity contribution in [2.45, 2.75) is 19.9 Å². The molecule has 0 unspecified atom stereocenters. The largest absolute Gasteiger partial charge is 0.497 e. The summed E-state index contributed by atoms with van der Waals surface area (Å²) in [6, 6.07) is 12.7. The Balaban J connectivity index is 1.57. The van der Waals surface area contributed by atoms with Crippen LogP contribution in [0.4, 0.5) is 0 Å². The zero-order valence-electron chi connectivity index (χ0n) is 18.6. The first-order chi connectivity index (χ1) is 15.5. The van der Waals surface area contributed by atoms with Crippen molar-refractivity contribution in [3.05, 3.63) is 75.1 Å². The lowest BCUT2D eigenvalue weighted by Crippen LogP contribution is -2.43. The number of carbonyl (C=O) groups excluding carboxylic acids is 1. The van der Waals surface area contributed by atoms with Gasteiger partial charge < -0.3 is 19.2 Å². The molecule has 0 bridgehead atoms. The van der Waals surface area contributed by atoms with Crippen molar-refractivity contribution < 1.29 is 18.7 Å². The number of rotatable bonds is 6. The first-order valence-corrected chi connectivity index (χ1v) is 10.8. The SMILES string of the molecule is COc1ccc([C@H](CNC(=O)c2cc(=O)c3ccc(C)c(C)c3o2)N2CCOCC2)cc1. The second-order valence-electron chi connectivity index (χ2n) is 8.01. The number of nitrogens with zero attached hydrogens (tertiary/aromatic N) is 1. The van der Waals surface area contributed by atoms with Crippen molar-refractivity contribution in [2.75, 3.05) is 40.0 Å². The van der Waals surface area contributed by atoms with Gasteiger partial charge in [-0.3, -0.25) is 14.5 Å². The van der Waals surface area contributed by atoms with Crippen LogP contribution in [-0.4, -0.2) is 50.8 Å². The van der Waals surface area contributed by atoms with Crippen LogP contribution >= 0.6 is 0 Å². The Morgan fingerprint density at radius 3 is 2.53 bits per heavy atom. The maximum absolute atomic E-state index is 12.9. The predicted molar refractivity (Wildman–Crippen MR) is 122 cm³/mol. The van der Waals surface area contributed by atoms with E-state index >= 15 is 0 Å². The lowest BCUT2D eigenvalue weighted by molar-refractivity contribution is 0.0161. The highest BCUT2D eigenvalue weighted by Gasteiger charge is 2.24. The molecule has 0 saturated carbocycles. The van der Waals surface area contributed by atoms with Gasteiger partial charge in [-0.15, -0.1) is 0 Å². The Morgan fingerprint density at radius 2 is 1.84 bits per heavy atom. The Morgan fingerprint density at radius 1 is 1.12 bits per heavy atom. The van der Waals surface area contributed by atoms with Gasteiger partial charge in [-0.1, -0.05) is 18.2 Å². The van der Waals surface area contributed by atoms with Crippen LogP contribution in [0.15, 0.2) is 51.7 Å². The summed E-state index contributed by atoms with van der Waals surface area (Å²) < 4.78 is 16.6. The number of hydrogen-bond donors (Lipinski definition) is 1. The standard InChI is InChI=1S/C25H28N2O5/c1-16-4-9-20-22(28)14-23(32-24(20)17(16)2)25(29)26-15-21(27-10-12-31-13-11-27)18-5-7-19(30-3)8-6-18/h4-9,14,21H,10-13,15H2,1-3H3,(H,26,29)/t21-/m0/s1. The molecule has 1 fully saturated rings. The Hall–Kier alpha value is -3.16. The van der Waals surface area contributed by atoms with Gasteiger partial charge in [0.1, 0.15) is 11.3 Å². The van der Waals surface area contributed by atoms with E-state index in [1.807, 2.05) is 44.2 Å². The molecule has 2 heterocycles. The van der Waals surface area contributed by atoms with Crippen LogP contribution in [0.3, 0.4) is 0 Å². The van der Waals surface area contributed by atoms with E-state index in [9.17, 15) is 9.59 Å².